The van der Waals surface area contributed by atoms with Gasteiger partial charge in [0.05, 0.1) is 29.1 Å². The zero-order chi connectivity index (χ0) is 26.9. The minimum absolute atomic E-state index is 0.0856. The number of aromatic nitrogens is 1. The van der Waals surface area contributed by atoms with Crippen LogP contribution in [0.1, 0.15) is 16.8 Å². The number of aliphatic hydroxyl groups is 1. The van der Waals surface area contributed by atoms with E-state index in [1.807, 2.05) is 12.1 Å². The van der Waals surface area contributed by atoms with Crippen LogP contribution in [-0.2, 0) is 16.6 Å². The normalized spacial score (nSPS) is 11.6. The van der Waals surface area contributed by atoms with Crippen LogP contribution in [0.4, 0.5) is 14.5 Å². The number of hydrogen-bond acceptors (Lipinski definition) is 5. The molecular formula is C25H21ClF2N2O6S. The number of aromatic carboxylic acids is 1. The number of nitrogens with one attached hydrogen (secondary N) is 1. The Morgan fingerprint density at radius 3 is 2.51 bits per heavy atom. The largest absolute Gasteiger partial charge is 0.494 e. The number of anilines is 1. The Bertz CT molecular complexity index is 1620. The van der Waals surface area contributed by atoms with Gasteiger partial charge >= 0.3 is 5.97 Å². The molecule has 0 atom stereocenters. The van der Waals surface area contributed by atoms with E-state index in [0.717, 1.165) is 36.2 Å². The van der Waals surface area contributed by atoms with Gasteiger partial charge in [-0.25, -0.2) is 22.0 Å². The first-order valence-electron chi connectivity index (χ1n) is 10.9. The molecule has 3 aromatic carbocycles. The number of para-hydroxylation sites is 1. The first-order chi connectivity index (χ1) is 17.6. The van der Waals surface area contributed by atoms with Crippen molar-refractivity contribution in [3.63, 3.8) is 0 Å². The fraction of sp³-hybridized carbons (Fsp3) is 0.160. The number of rotatable bonds is 9. The Hall–Kier alpha value is -3.67. The van der Waals surface area contributed by atoms with Crippen LogP contribution < -0.4 is 9.46 Å². The lowest BCUT2D eigenvalue weighted by atomic mass is 10.1. The second-order valence-corrected chi connectivity index (χ2v) is 10.1. The summed E-state index contributed by atoms with van der Waals surface area (Å²) >= 11 is 6.02. The Morgan fingerprint density at radius 1 is 1.11 bits per heavy atom. The molecule has 4 aromatic rings. The lowest BCUT2D eigenvalue weighted by molar-refractivity contribution is 0.0696. The van der Waals surface area contributed by atoms with Gasteiger partial charge in [-0.1, -0.05) is 29.8 Å². The number of hydrogen-bond donors (Lipinski definition) is 3. The predicted molar refractivity (Wildman–Crippen MR) is 135 cm³/mol. The van der Waals surface area contributed by atoms with Crippen molar-refractivity contribution in [3.05, 3.63) is 76.8 Å². The highest BCUT2D eigenvalue weighted by atomic mass is 35.5. The molecule has 194 valence electrons. The van der Waals surface area contributed by atoms with Gasteiger partial charge in [-0.3, -0.25) is 4.72 Å². The maximum atomic E-state index is 15.0. The van der Waals surface area contributed by atoms with Gasteiger partial charge in [0.15, 0.2) is 5.75 Å². The molecule has 0 spiro atoms. The van der Waals surface area contributed by atoms with Crippen LogP contribution in [0.2, 0.25) is 5.02 Å². The molecule has 1 aromatic heterocycles. The van der Waals surface area contributed by atoms with Crippen molar-refractivity contribution in [2.45, 2.75) is 17.9 Å². The molecule has 37 heavy (non-hydrogen) atoms. The van der Waals surface area contributed by atoms with E-state index >= 15 is 4.39 Å². The maximum Gasteiger partial charge on any atom is 0.335 e. The van der Waals surface area contributed by atoms with E-state index in [1.165, 1.54) is 0 Å². The summed E-state index contributed by atoms with van der Waals surface area (Å²) in [7, 11) is -3.50. The molecule has 0 saturated heterocycles. The van der Waals surface area contributed by atoms with Crippen LogP contribution in [0.3, 0.4) is 0 Å². The number of methoxy groups -OCH3 is 1. The molecule has 3 N–H and O–H groups in total. The molecule has 0 bridgehead atoms. The molecule has 0 aliphatic rings. The van der Waals surface area contributed by atoms with Crippen molar-refractivity contribution in [1.29, 1.82) is 0 Å². The van der Waals surface area contributed by atoms with Crippen LogP contribution in [0.15, 0.2) is 59.5 Å². The third-order valence-electron chi connectivity index (χ3n) is 5.68. The summed E-state index contributed by atoms with van der Waals surface area (Å²) in [5, 5.41) is 19.1. The molecule has 0 aliphatic heterocycles. The highest BCUT2D eigenvalue weighted by Crippen LogP contribution is 2.37. The highest BCUT2D eigenvalue weighted by Gasteiger charge is 2.27. The van der Waals surface area contributed by atoms with Gasteiger partial charge in [-0.15, -0.1) is 0 Å². The monoisotopic (exact) mass is 550 g/mol. The number of carbonyl (C=O) groups is 1. The second-order valence-electron chi connectivity index (χ2n) is 8.03. The molecule has 0 radical (unpaired) electrons. The minimum atomic E-state index is -4.64. The van der Waals surface area contributed by atoms with Crippen LogP contribution in [-0.4, -0.2) is 42.9 Å². The summed E-state index contributed by atoms with van der Waals surface area (Å²) in [5.74, 6) is -3.90. The number of aliphatic hydroxyl groups excluding tert-OH is 1. The lowest BCUT2D eigenvalue weighted by Crippen LogP contribution is -2.16. The summed E-state index contributed by atoms with van der Waals surface area (Å²) in [6, 6.07) is 12.3. The van der Waals surface area contributed by atoms with Crippen molar-refractivity contribution in [1.82, 2.24) is 4.57 Å². The van der Waals surface area contributed by atoms with E-state index in [9.17, 15) is 27.8 Å². The van der Waals surface area contributed by atoms with Gasteiger partial charge in [0.2, 0.25) is 0 Å². The van der Waals surface area contributed by atoms with Gasteiger partial charge < -0.3 is 19.5 Å². The summed E-state index contributed by atoms with van der Waals surface area (Å²) in [4.78, 5) is 10.8. The Labute approximate surface area is 215 Å². The van der Waals surface area contributed by atoms with Crippen LogP contribution in [0, 0.1) is 11.6 Å². The molecule has 8 nitrogen and oxygen atoms in total. The molecular weight excluding hydrogens is 530 g/mol. The van der Waals surface area contributed by atoms with E-state index in [2.05, 4.69) is 4.72 Å². The molecule has 0 aliphatic carbocycles. The fourth-order valence-electron chi connectivity index (χ4n) is 4.02. The zero-order valence-corrected chi connectivity index (χ0v) is 20.9. The minimum Gasteiger partial charge on any atom is -0.494 e. The van der Waals surface area contributed by atoms with Crippen molar-refractivity contribution in [3.8, 4) is 17.0 Å². The Kier molecular flexibility index (Phi) is 7.39. The van der Waals surface area contributed by atoms with E-state index in [4.69, 9.17) is 16.3 Å². The van der Waals surface area contributed by atoms with Crippen molar-refractivity contribution in [2.24, 2.45) is 0 Å². The number of ether oxygens (including phenoxy) is 1. The number of nitrogens with zero attached hydrogens (tertiary/aromatic N) is 1. The molecule has 0 fully saturated rings. The topological polar surface area (TPSA) is 118 Å². The summed E-state index contributed by atoms with van der Waals surface area (Å²) in [6.45, 7) is 0.220. The third kappa shape index (κ3) is 5.10. The number of benzene rings is 3. The highest BCUT2D eigenvalue weighted by molar-refractivity contribution is 7.92. The van der Waals surface area contributed by atoms with E-state index in [-0.39, 0.29) is 22.9 Å². The molecule has 0 unspecified atom stereocenters. The Balaban J connectivity index is 1.85. The second kappa shape index (κ2) is 10.4. The quantitative estimate of drug-likeness (QED) is 0.266. The SMILES string of the molecule is COc1c(Cl)cc(C(=O)O)cc1S(=O)(=O)Nc1cc(-c2cc3ccccc3n2CCCO)c(F)cc1F. The fourth-order valence-corrected chi connectivity index (χ4v) is 5.64. The van der Waals surface area contributed by atoms with Gasteiger partial charge in [0.1, 0.15) is 16.5 Å². The average Bonchev–Trinajstić information content (AvgIpc) is 3.21. The number of fused-ring (bicyclic) bond motifs is 1. The number of halogens is 3. The number of sulfonamides is 1. The molecule has 0 amide bonds. The molecule has 12 heteroatoms. The van der Waals surface area contributed by atoms with Gasteiger partial charge in [0, 0.05) is 35.7 Å². The Morgan fingerprint density at radius 2 is 1.84 bits per heavy atom. The smallest absolute Gasteiger partial charge is 0.335 e. The molecule has 0 saturated carbocycles. The van der Waals surface area contributed by atoms with E-state index in [0.29, 0.717) is 24.7 Å². The van der Waals surface area contributed by atoms with Crippen LogP contribution in [0.5, 0.6) is 5.75 Å². The first-order valence-corrected chi connectivity index (χ1v) is 12.8. The average molecular weight is 551 g/mol. The maximum absolute atomic E-state index is 15.0. The third-order valence-corrected chi connectivity index (χ3v) is 7.33. The first kappa shape index (κ1) is 26.4. The number of carboxylic acids is 1. The number of carboxylic acid groups (broad SMARTS) is 1. The van der Waals surface area contributed by atoms with Crippen LogP contribution in [0.25, 0.3) is 22.2 Å². The van der Waals surface area contributed by atoms with Crippen LogP contribution >= 0.6 is 11.6 Å². The number of aryl methyl sites for hydroxylation is 1. The summed E-state index contributed by atoms with van der Waals surface area (Å²) < 4.78 is 65.1. The van der Waals surface area contributed by atoms with Crippen molar-refractivity contribution < 1.29 is 36.9 Å². The zero-order valence-electron chi connectivity index (χ0n) is 19.3. The lowest BCUT2D eigenvalue weighted by Gasteiger charge is -2.16. The van der Waals surface area contributed by atoms with Gasteiger partial charge in [0.25, 0.3) is 10.0 Å². The van der Waals surface area contributed by atoms with Crippen molar-refractivity contribution in [2.75, 3.05) is 18.4 Å². The van der Waals surface area contributed by atoms with Crippen molar-refractivity contribution >= 4 is 44.2 Å². The van der Waals surface area contributed by atoms with E-state index in [1.54, 1.807) is 22.8 Å². The van der Waals surface area contributed by atoms with E-state index < -0.39 is 43.8 Å². The standard InChI is InChI=1S/C25H21ClF2N2O6S/c1-36-24-17(26)9-15(25(32)33)11-23(24)37(34,35)29-20-12-16(18(27)13-19(20)28)22-10-14-5-2-3-6-21(14)30(22)7-4-8-31/h2-3,5-6,9-13,29,31H,4,7-8H2,1H3,(H,32,33). The van der Waals surface area contributed by atoms with Gasteiger partial charge in [-0.2, -0.15) is 0 Å². The predicted octanol–water partition coefficient (Wildman–Crippen LogP) is 5.13. The summed E-state index contributed by atoms with van der Waals surface area (Å²) in [6.07, 6.45) is 0.369. The summed E-state index contributed by atoms with van der Waals surface area (Å²) in [5.41, 5.74) is 0.00871. The van der Waals surface area contributed by atoms with Gasteiger partial charge in [-0.05, 0) is 36.8 Å². The molecule has 1 heterocycles. The molecule has 4 rings (SSSR count).